The summed E-state index contributed by atoms with van der Waals surface area (Å²) in [5.41, 5.74) is 0.0575. The number of hydrogen-bond donors (Lipinski definition) is 0. The molecular formula is C14H26N2O2. The van der Waals surface area contributed by atoms with Gasteiger partial charge in [-0.2, -0.15) is 4.99 Å². The first-order valence-electron chi connectivity index (χ1n) is 6.04. The second kappa shape index (κ2) is 6.03. The summed E-state index contributed by atoms with van der Waals surface area (Å²) in [6.07, 6.45) is 0. The molecular weight excluding hydrogens is 228 g/mol. The van der Waals surface area contributed by atoms with Crippen molar-refractivity contribution in [2.75, 3.05) is 7.05 Å². The molecule has 0 rings (SSSR count). The summed E-state index contributed by atoms with van der Waals surface area (Å²) in [5, 5.41) is 0. The molecule has 0 atom stereocenters. The van der Waals surface area contributed by atoms with Crippen molar-refractivity contribution in [2.45, 2.75) is 59.7 Å². The van der Waals surface area contributed by atoms with Crippen LogP contribution in [0, 0.1) is 0 Å². The molecule has 0 N–H and O–H groups in total. The quantitative estimate of drug-likeness (QED) is 0.530. The molecule has 104 valence electrons. The highest BCUT2D eigenvalue weighted by atomic mass is 16.5. The summed E-state index contributed by atoms with van der Waals surface area (Å²) in [7, 11) is 1.64. The molecule has 0 aromatic heterocycles. The van der Waals surface area contributed by atoms with E-state index in [-0.39, 0.29) is 11.2 Å². The summed E-state index contributed by atoms with van der Waals surface area (Å²) in [6, 6.07) is 0.296. The van der Waals surface area contributed by atoms with Gasteiger partial charge in [-0.3, -0.25) is 0 Å². The van der Waals surface area contributed by atoms with E-state index in [1.165, 1.54) is 0 Å². The fourth-order valence-corrected chi connectivity index (χ4v) is 0.975. The second-order valence-corrected chi connectivity index (χ2v) is 6.13. The van der Waals surface area contributed by atoms with Crippen molar-refractivity contribution in [1.82, 2.24) is 0 Å². The maximum absolute atomic E-state index is 5.74. The average molecular weight is 254 g/mol. The number of hydrogen-bond acceptors (Lipinski definition) is 3. The van der Waals surface area contributed by atoms with Gasteiger partial charge in [0.1, 0.15) is 11.2 Å². The van der Waals surface area contributed by atoms with Crippen LogP contribution in [0.4, 0.5) is 0 Å². The minimum atomic E-state index is -0.347. The zero-order chi connectivity index (χ0) is 14.6. The highest BCUT2D eigenvalue weighted by Gasteiger charge is 2.19. The maximum atomic E-state index is 5.74. The number of ether oxygens (including phenoxy) is 2. The Hall–Kier alpha value is -1.32. The standard InChI is InChI=1S/C14H26N2O2/c1-10(2)11(17-13(3,4)5)16-12(15-9)18-14(6,7)8/h1H2,2-9H3/b15-12?,16-11+. The second-order valence-electron chi connectivity index (χ2n) is 6.13. The van der Waals surface area contributed by atoms with Crippen LogP contribution in [0.5, 0.6) is 0 Å². The van der Waals surface area contributed by atoms with Gasteiger partial charge in [-0.15, -0.1) is 0 Å². The third kappa shape index (κ3) is 7.87. The summed E-state index contributed by atoms with van der Waals surface area (Å²) in [6.45, 7) is 17.4. The average Bonchev–Trinajstić information content (AvgIpc) is 2.11. The zero-order valence-electron chi connectivity index (χ0n) is 12.9. The monoisotopic (exact) mass is 254 g/mol. The van der Waals surface area contributed by atoms with E-state index in [0.29, 0.717) is 11.9 Å². The van der Waals surface area contributed by atoms with Gasteiger partial charge in [0, 0.05) is 12.6 Å². The largest absolute Gasteiger partial charge is 0.472 e. The van der Waals surface area contributed by atoms with E-state index in [0.717, 1.165) is 5.57 Å². The van der Waals surface area contributed by atoms with Crippen molar-refractivity contribution < 1.29 is 9.47 Å². The van der Waals surface area contributed by atoms with Crippen LogP contribution >= 0.6 is 0 Å². The highest BCUT2D eigenvalue weighted by molar-refractivity contribution is 6.00. The zero-order valence-corrected chi connectivity index (χ0v) is 12.9. The summed E-state index contributed by atoms with van der Waals surface area (Å²) < 4.78 is 11.4. The van der Waals surface area contributed by atoms with Crippen molar-refractivity contribution in [1.29, 1.82) is 0 Å². The van der Waals surface area contributed by atoms with Crippen molar-refractivity contribution >= 4 is 11.9 Å². The molecule has 18 heavy (non-hydrogen) atoms. The molecule has 0 radical (unpaired) electrons. The highest BCUT2D eigenvalue weighted by Crippen LogP contribution is 2.13. The van der Waals surface area contributed by atoms with E-state index in [1.54, 1.807) is 7.05 Å². The van der Waals surface area contributed by atoms with Crippen molar-refractivity contribution in [2.24, 2.45) is 9.98 Å². The van der Waals surface area contributed by atoms with Crippen LogP contribution in [0.1, 0.15) is 48.5 Å². The van der Waals surface area contributed by atoms with Crippen molar-refractivity contribution in [3.8, 4) is 0 Å². The first-order valence-corrected chi connectivity index (χ1v) is 6.04. The Morgan fingerprint density at radius 1 is 0.944 bits per heavy atom. The third-order valence-corrected chi connectivity index (χ3v) is 1.55. The van der Waals surface area contributed by atoms with Crippen molar-refractivity contribution in [3.05, 3.63) is 12.2 Å². The van der Waals surface area contributed by atoms with E-state index < -0.39 is 0 Å². The van der Waals surface area contributed by atoms with Gasteiger partial charge in [0.05, 0.1) is 0 Å². The maximum Gasteiger partial charge on any atom is 0.315 e. The number of rotatable bonds is 1. The molecule has 4 nitrogen and oxygen atoms in total. The SMILES string of the molecule is C=C(C)/C(=N\C(=NC)OC(C)(C)C)OC(C)(C)C. The lowest BCUT2D eigenvalue weighted by molar-refractivity contribution is 0.107. The van der Waals surface area contributed by atoms with E-state index in [4.69, 9.17) is 9.47 Å². The topological polar surface area (TPSA) is 43.2 Å². The van der Waals surface area contributed by atoms with Gasteiger partial charge in [-0.1, -0.05) is 6.58 Å². The van der Waals surface area contributed by atoms with Gasteiger partial charge in [0.2, 0.25) is 5.90 Å². The fraction of sp³-hybridized carbons (Fsp3) is 0.714. The van der Waals surface area contributed by atoms with Gasteiger partial charge in [-0.25, -0.2) is 4.99 Å². The van der Waals surface area contributed by atoms with Crippen LogP contribution in [-0.2, 0) is 9.47 Å². The minimum Gasteiger partial charge on any atom is -0.472 e. The molecule has 0 saturated carbocycles. The number of amidine groups is 1. The Morgan fingerprint density at radius 2 is 1.39 bits per heavy atom. The molecule has 0 aliphatic rings. The fourth-order valence-electron chi connectivity index (χ4n) is 0.975. The minimum absolute atomic E-state index is 0.296. The molecule has 0 fully saturated rings. The number of aliphatic imine (C=N–C) groups is 2. The summed E-state index contributed by atoms with van der Waals surface area (Å²) in [5.74, 6) is 0.451. The van der Waals surface area contributed by atoms with Gasteiger partial charge < -0.3 is 9.47 Å². The Balaban J connectivity index is 5.11. The molecule has 0 aliphatic heterocycles. The Kier molecular flexibility index (Phi) is 5.58. The Bertz CT molecular complexity index is 355. The predicted octanol–water partition coefficient (Wildman–Crippen LogP) is 3.58. The molecule has 0 saturated heterocycles. The van der Waals surface area contributed by atoms with Crippen LogP contribution in [0.2, 0.25) is 0 Å². The molecule has 4 heteroatoms. The molecule has 0 spiro atoms. The lowest BCUT2D eigenvalue weighted by Crippen LogP contribution is -2.27. The van der Waals surface area contributed by atoms with E-state index in [2.05, 4.69) is 16.6 Å². The Labute approximate surface area is 111 Å². The molecule has 0 unspecified atom stereocenters. The van der Waals surface area contributed by atoms with Crippen molar-refractivity contribution in [3.63, 3.8) is 0 Å². The first-order chi connectivity index (χ1) is 7.94. The lowest BCUT2D eigenvalue weighted by atomic mass is 10.2. The van der Waals surface area contributed by atoms with Gasteiger partial charge in [0.15, 0.2) is 0 Å². The lowest BCUT2D eigenvalue weighted by Gasteiger charge is -2.24. The normalized spacial score (nSPS) is 14.4. The molecule has 0 bridgehead atoms. The predicted molar refractivity (Wildman–Crippen MR) is 77.3 cm³/mol. The molecule has 0 aromatic carbocycles. The van der Waals surface area contributed by atoms with Gasteiger partial charge in [-0.05, 0) is 48.5 Å². The van der Waals surface area contributed by atoms with Crippen LogP contribution < -0.4 is 0 Å². The van der Waals surface area contributed by atoms with Crippen LogP contribution in [-0.4, -0.2) is 30.2 Å². The van der Waals surface area contributed by atoms with Crippen LogP contribution in [0.25, 0.3) is 0 Å². The van der Waals surface area contributed by atoms with E-state index in [9.17, 15) is 0 Å². The molecule has 0 heterocycles. The smallest absolute Gasteiger partial charge is 0.315 e. The Morgan fingerprint density at radius 3 is 1.67 bits per heavy atom. The molecule has 0 aliphatic carbocycles. The van der Waals surface area contributed by atoms with Gasteiger partial charge >= 0.3 is 6.02 Å². The van der Waals surface area contributed by atoms with Gasteiger partial charge in [0.25, 0.3) is 0 Å². The van der Waals surface area contributed by atoms with E-state index >= 15 is 0 Å². The van der Waals surface area contributed by atoms with Crippen LogP contribution in [0.3, 0.4) is 0 Å². The first kappa shape index (κ1) is 16.7. The summed E-state index contributed by atoms with van der Waals surface area (Å²) in [4.78, 5) is 8.30. The molecule has 0 amide bonds. The third-order valence-electron chi connectivity index (χ3n) is 1.55. The van der Waals surface area contributed by atoms with Crippen LogP contribution in [0.15, 0.2) is 22.1 Å². The summed E-state index contributed by atoms with van der Waals surface area (Å²) >= 11 is 0. The molecule has 0 aromatic rings. The van der Waals surface area contributed by atoms with E-state index in [1.807, 2.05) is 48.5 Å². The number of nitrogens with zero attached hydrogens (tertiary/aromatic N) is 2.